The number of aromatic nitrogens is 1. The lowest BCUT2D eigenvalue weighted by Gasteiger charge is -2.26. The number of hydrogen-bond acceptors (Lipinski definition) is 5. The Morgan fingerprint density at radius 2 is 1.18 bits per heavy atom. The molecule has 0 saturated heterocycles. The molecule has 3 aromatic heterocycles. The van der Waals surface area contributed by atoms with Gasteiger partial charge in [-0.05, 0) is 72.8 Å². The number of nitrogens with one attached hydrogen (secondary N) is 1. The first-order chi connectivity index (χ1) is 27.3. The minimum atomic E-state index is -0.291. The van der Waals surface area contributed by atoms with E-state index in [9.17, 15) is 0 Å². The Morgan fingerprint density at radius 3 is 2.07 bits per heavy atom. The third-order valence-corrected chi connectivity index (χ3v) is 11.0. The molecule has 1 aliphatic heterocycles. The molecule has 11 aromatic rings. The third kappa shape index (κ3) is 4.49. The van der Waals surface area contributed by atoms with Gasteiger partial charge in [-0.15, -0.1) is 0 Å². The predicted octanol–water partition coefficient (Wildman–Crippen LogP) is 13.6. The van der Waals surface area contributed by atoms with Crippen LogP contribution >= 0.6 is 0 Å². The van der Waals surface area contributed by atoms with E-state index in [0.29, 0.717) is 0 Å². The molecule has 0 bridgehead atoms. The molecule has 1 unspecified atom stereocenters. The average molecular weight is 710 g/mol. The van der Waals surface area contributed by atoms with E-state index >= 15 is 0 Å². The molecular weight excluding hydrogens is 679 g/mol. The summed E-state index contributed by atoms with van der Waals surface area (Å²) in [4.78, 5) is 2.31. The number of rotatable bonds is 5. The smallest absolute Gasteiger partial charge is 0.196 e. The molecule has 6 heteroatoms. The summed E-state index contributed by atoms with van der Waals surface area (Å²) in [5.74, 6) is 0.803. The van der Waals surface area contributed by atoms with Crippen molar-refractivity contribution in [2.45, 2.75) is 6.23 Å². The lowest BCUT2D eigenvalue weighted by Crippen LogP contribution is -2.10. The van der Waals surface area contributed by atoms with E-state index in [4.69, 9.17) is 13.6 Å². The lowest BCUT2D eigenvalue weighted by molar-refractivity contribution is 0.260. The maximum absolute atomic E-state index is 6.70. The van der Waals surface area contributed by atoms with E-state index in [1.807, 2.05) is 42.5 Å². The maximum Gasteiger partial charge on any atom is 0.196 e. The van der Waals surface area contributed by atoms with Crippen LogP contribution in [0.2, 0.25) is 0 Å². The van der Waals surface area contributed by atoms with Crippen molar-refractivity contribution in [1.29, 1.82) is 0 Å². The van der Waals surface area contributed by atoms with Crippen LogP contribution in [-0.2, 0) is 0 Å². The molecule has 0 amide bonds. The molecule has 1 N–H and O–H groups in total. The number of benzene rings is 8. The van der Waals surface area contributed by atoms with Crippen molar-refractivity contribution in [1.82, 2.24) is 4.57 Å². The van der Waals surface area contributed by atoms with Gasteiger partial charge in [0, 0.05) is 49.6 Å². The van der Waals surface area contributed by atoms with Gasteiger partial charge in [-0.3, -0.25) is 0 Å². The van der Waals surface area contributed by atoms with Gasteiger partial charge in [0.2, 0.25) is 0 Å². The molecule has 0 spiro atoms. The highest BCUT2D eigenvalue weighted by Crippen LogP contribution is 2.49. The minimum absolute atomic E-state index is 0.291. The second-order valence-electron chi connectivity index (χ2n) is 14.1. The monoisotopic (exact) mass is 709 g/mol. The number of ether oxygens (including phenoxy) is 1. The first kappa shape index (κ1) is 30.1. The van der Waals surface area contributed by atoms with Gasteiger partial charge in [0.05, 0.1) is 27.8 Å². The second-order valence-corrected chi connectivity index (χ2v) is 14.1. The van der Waals surface area contributed by atoms with Gasteiger partial charge in [-0.25, -0.2) is 0 Å². The molecule has 55 heavy (non-hydrogen) atoms. The fraction of sp³-hybridized carbons (Fsp3) is 0.0204. The number of hydrogen-bond donors (Lipinski definition) is 1. The van der Waals surface area contributed by atoms with Crippen LogP contribution < -0.4 is 15.0 Å². The van der Waals surface area contributed by atoms with Gasteiger partial charge in [-0.2, -0.15) is 0 Å². The van der Waals surface area contributed by atoms with Crippen LogP contribution in [0.4, 0.5) is 22.7 Å². The second kappa shape index (κ2) is 11.5. The molecule has 0 aliphatic carbocycles. The van der Waals surface area contributed by atoms with Crippen molar-refractivity contribution in [3.8, 4) is 11.4 Å². The van der Waals surface area contributed by atoms with Crippen molar-refractivity contribution in [2.24, 2.45) is 0 Å². The Labute approximate surface area is 315 Å². The summed E-state index contributed by atoms with van der Waals surface area (Å²) in [5.41, 5.74) is 11.6. The minimum Gasteiger partial charge on any atom is -0.464 e. The lowest BCUT2D eigenvalue weighted by atomic mass is 10.1. The Kier molecular flexibility index (Phi) is 6.30. The van der Waals surface area contributed by atoms with Crippen LogP contribution in [0.5, 0.6) is 5.75 Å². The standard InChI is InChI=1S/C49H31N3O3/c1-3-12-30(13-4-1)49-50-47-45(55-49)27-26-44-46(47)38-28-32(23-25-43(38)53-44)51(40-20-11-18-37-36-17-8-10-21-42(36)54-48(37)40)33-22-24-35-34-16-7-9-19-39(34)52(41(35)29-33)31-14-5-2-6-15-31/h1-29,49-50H. The summed E-state index contributed by atoms with van der Waals surface area (Å²) in [6, 6.07) is 61.4. The van der Waals surface area contributed by atoms with Gasteiger partial charge < -0.3 is 28.4 Å². The van der Waals surface area contributed by atoms with Gasteiger partial charge >= 0.3 is 0 Å². The molecule has 4 heterocycles. The van der Waals surface area contributed by atoms with Crippen LogP contribution in [0.3, 0.4) is 0 Å². The van der Waals surface area contributed by atoms with E-state index in [1.54, 1.807) is 0 Å². The Balaban J connectivity index is 1.11. The Hall–Kier alpha value is -7.44. The number of anilines is 4. The van der Waals surface area contributed by atoms with Gasteiger partial charge in [0.25, 0.3) is 0 Å². The summed E-state index contributed by atoms with van der Waals surface area (Å²) in [7, 11) is 0. The molecule has 260 valence electrons. The van der Waals surface area contributed by atoms with Crippen molar-refractivity contribution < 1.29 is 13.6 Å². The zero-order valence-electron chi connectivity index (χ0n) is 29.4. The van der Waals surface area contributed by atoms with Crippen molar-refractivity contribution in [3.05, 3.63) is 181 Å². The van der Waals surface area contributed by atoms with E-state index in [-0.39, 0.29) is 6.23 Å². The largest absolute Gasteiger partial charge is 0.464 e. The zero-order chi connectivity index (χ0) is 36.0. The van der Waals surface area contributed by atoms with Crippen LogP contribution in [0.1, 0.15) is 11.8 Å². The Bertz CT molecular complexity index is 3290. The van der Waals surface area contributed by atoms with Crippen LogP contribution in [-0.4, -0.2) is 4.57 Å². The van der Waals surface area contributed by atoms with Crippen molar-refractivity contribution in [3.63, 3.8) is 0 Å². The van der Waals surface area contributed by atoms with E-state index in [2.05, 4.69) is 148 Å². The molecular formula is C49H31N3O3. The van der Waals surface area contributed by atoms with Gasteiger partial charge in [0.1, 0.15) is 22.5 Å². The van der Waals surface area contributed by atoms with E-state index in [1.165, 1.54) is 10.8 Å². The van der Waals surface area contributed by atoms with Gasteiger partial charge in [0.15, 0.2) is 11.8 Å². The number of fused-ring (bicyclic) bond motifs is 11. The zero-order valence-corrected chi connectivity index (χ0v) is 29.4. The predicted molar refractivity (Wildman–Crippen MR) is 223 cm³/mol. The Morgan fingerprint density at radius 1 is 0.491 bits per heavy atom. The maximum atomic E-state index is 6.70. The van der Waals surface area contributed by atoms with Gasteiger partial charge in [-0.1, -0.05) is 103 Å². The highest BCUT2D eigenvalue weighted by Gasteiger charge is 2.28. The molecule has 0 radical (unpaired) electrons. The third-order valence-electron chi connectivity index (χ3n) is 11.0. The highest BCUT2D eigenvalue weighted by molar-refractivity contribution is 6.16. The first-order valence-electron chi connectivity index (χ1n) is 18.5. The molecule has 6 nitrogen and oxygen atoms in total. The fourth-order valence-corrected chi connectivity index (χ4v) is 8.57. The molecule has 1 aliphatic rings. The summed E-state index contributed by atoms with van der Waals surface area (Å²) >= 11 is 0. The SMILES string of the molecule is c1ccc(C2Nc3c(ccc4oc5ccc(N(c6ccc7c8ccccc8n(-c8ccccc8)c7c6)c6cccc7c6oc6ccccc67)cc5c34)O2)cc1. The molecule has 0 saturated carbocycles. The highest BCUT2D eigenvalue weighted by atomic mass is 16.5. The van der Waals surface area contributed by atoms with Crippen molar-refractivity contribution >= 4 is 88.4 Å². The quantitative estimate of drug-likeness (QED) is 0.193. The molecule has 1 atom stereocenters. The normalized spacial score (nSPS) is 13.9. The first-order valence-corrected chi connectivity index (χ1v) is 18.5. The summed E-state index contributed by atoms with van der Waals surface area (Å²) in [6.45, 7) is 0. The molecule has 0 fully saturated rings. The molecule has 12 rings (SSSR count). The van der Waals surface area contributed by atoms with Crippen LogP contribution in [0, 0.1) is 0 Å². The summed E-state index contributed by atoms with van der Waals surface area (Å²) < 4.78 is 22.0. The topological polar surface area (TPSA) is 55.7 Å². The fourth-order valence-electron chi connectivity index (χ4n) is 8.57. The van der Waals surface area contributed by atoms with Crippen LogP contribution in [0.25, 0.3) is 71.4 Å². The molecule has 8 aromatic carbocycles. The average Bonchev–Trinajstić information content (AvgIpc) is 4.02. The van der Waals surface area contributed by atoms with E-state index < -0.39 is 0 Å². The van der Waals surface area contributed by atoms with Crippen molar-refractivity contribution in [2.75, 3.05) is 10.2 Å². The van der Waals surface area contributed by atoms with E-state index in [0.717, 1.165) is 94.7 Å². The number of furan rings is 2. The summed E-state index contributed by atoms with van der Waals surface area (Å²) in [5, 5.41) is 10.2. The summed E-state index contributed by atoms with van der Waals surface area (Å²) in [6.07, 6.45) is -0.291. The number of nitrogens with zero attached hydrogens (tertiary/aromatic N) is 2. The van der Waals surface area contributed by atoms with Crippen LogP contribution in [0.15, 0.2) is 185 Å². The number of para-hydroxylation sites is 4.